The number of carbonyl (C=O) groups is 2. The van der Waals surface area contributed by atoms with Crippen LogP contribution in [0.15, 0.2) is 60.7 Å². The molecular formula is C28H29NO9. The molecule has 0 heterocycles. The summed E-state index contributed by atoms with van der Waals surface area (Å²) in [5.41, 5.74) is 1.45. The van der Waals surface area contributed by atoms with E-state index in [2.05, 4.69) is 4.84 Å². The second kappa shape index (κ2) is 13.6. The summed E-state index contributed by atoms with van der Waals surface area (Å²) >= 11 is 0. The van der Waals surface area contributed by atoms with E-state index in [0.717, 1.165) is 22.1 Å². The van der Waals surface area contributed by atoms with Gasteiger partial charge in [-0.25, -0.2) is 4.79 Å². The van der Waals surface area contributed by atoms with Gasteiger partial charge >= 0.3 is 11.9 Å². The molecule has 0 aliphatic heterocycles. The van der Waals surface area contributed by atoms with E-state index in [0.29, 0.717) is 24.2 Å². The van der Waals surface area contributed by atoms with Crippen molar-refractivity contribution >= 4 is 28.8 Å². The summed E-state index contributed by atoms with van der Waals surface area (Å²) < 4.78 is 21.3. The average molecular weight is 524 g/mol. The minimum absolute atomic E-state index is 0.0478. The summed E-state index contributed by atoms with van der Waals surface area (Å²) in [6.07, 6.45) is 3.63. The molecule has 0 spiro atoms. The van der Waals surface area contributed by atoms with E-state index in [9.17, 15) is 19.7 Å². The predicted octanol–water partition coefficient (Wildman–Crippen LogP) is 5.11. The van der Waals surface area contributed by atoms with Crippen LogP contribution in [0.3, 0.4) is 0 Å². The number of nitrogens with zero attached hydrogens (tertiary/aromatic N) is 1. The first-order chi connectivity index (χ1) is 18.3. The molecule has 200 valence electrons. The first kappa shape index (κ1) is 28.0. The lowest BCUT2D eigenvalue weighted by atomic mass is 9.98. The SMILES string of the molecule is COc1ccc2cc([C@H](C)C(=O)Oc3ccc(/C=C/C(=O)OCCCCO[N+](=O)[O-])cc3OC)ccc2c1. The maximum absolute atomic E-state index is 12.9. The third-order valence-electron chi connectivity index (χ3n) is 5.71. The molecule has 1 atom stereocenters. The quantitative estimate of drug-likeness (QED) is 0.0750. The van der Waals surface area contributed by atoms with Crippen LogP contribution in [0.25, 0.3) is 16.8 Å². The summed E-state index contributed by atoms with van der Waals surface area (Å²) in [7, 11) is 3.07. The van der Waals surface area contributed by atoms with Crippen LogP contribution in [-0.2, 0) is 19.2 Å². The highest BCUT2D eigenvalue weighted by Gasteiger charge is 2.20. The molecule has 0 aliphatic rings. The fourth-order valence-electron chi connectivity index (χ4n) is 3.57. The maximum Gasteiger partial charge on any atom is 0.330 e. The lowest BCUT2D eigenvalue weighted by molar-refractivity contribution is -0.757. The Morgan fingerprint density at radius 3 is 2.39 bits per heavy atom. The number of hydrogen-bond acceptors (Lipinski definition) is 9. The van der Waals surface area contributed by atoms with Gasteiger partial charge in [0.15, 0.2) is 11.5 Å². The van der Waals surface area contributed by atoms with E-state index >= 15 is 0 Å². The number of fused-ring (bicyclic) bond motifs is 1. The summed E-state index contributed by atoms with van der Waals surface area (Å²) in [6.45, 7) is 1.84. The second-order valence-electron chi connectivity index (χ2n) is 8.29. The van der Waals surface area contributed by atoms with E-state index in [4.69, 9.17) is 18.9 Å². The Balaban J connectivity index is 1.58. The number of ether oxygens (including phenoxy) is 4. The van der Waals surface area contributed by atoms with Crippen molar-refractivity contribution < 1.29 is 38.5 Å². The summed E-state index contributed by atoms with van der Waals surface area (Å²) in [5.74, 6) is -0.169. The largest absolute Gasteiger partial charge is 0.497 e. The molecule has 10 nitrogen and oxygen atoms in total. The molecule has 38 heavy (non-hydrogen) atoms. The van der Waals surface area contributed by atoms with Crippen LogP contribution >= 0.6 is 0 Å². The van der Waals surface area contributed by atoms with E-state index < -0.39 is 22.9 Å². The molecule has 3 rings (SSSR count). The molecule has 0 saturated heterocycles. The van der Waals surface area contributed by atoms with E-state index in [1.807, 2.05) is 36.4 Å². The van der Waals surface area contributed by atoms with Gasteiger partial charge in [-0.3, -0.25) is 4.79 Å². The highest BCUT2D eigenvalue weighted by molar-refractivity contribution is 5.88. The first-order valence-electron chi connectivity index (χ1n) is 11.9. The van der Waals surface area contributed by atoms with Crippen LogP contribution in [0.4, 0.5) is 0 Å². The molecule has 0 N–H and O–H groups in total. The molecule has 0 aliphatic carbocycles. The van der Waals surface area contributed by atoms with Gasteiger partial charge in [0.25, 0.3) is 5.09 Å². The monoisotopic (exact) mass is 523 g/mol. The Hall–Kier alpha value is -4.60. The van der Waals surface area contributed by atoms with Crippen molar-refractivity contribution in [2.75, 3.05) is 27.4 Å². The van der Waals surface area contributed by atoms with E-state index in [1.54, 1.807) is 38.3 Å². The Labute approximate surface area is 219 Å². The lowest BCUT2D eigenvalue weighted by Crippen LogP contribution is -2.16. The van der Waals surface area contributed by atoms with Gasteiger partial charge in [0.1, 0.15) is 5.75 Å². The number of esters is 2. The van der Waals surface area contributed by atoms with Crippen LogP contribution < -0.4 is 14.2 Å². The van der Waals surface area contributed by atoms with Crippen LogP contribution in [-0.4, -0.2) is 44.5 Å². The molecular weight excluding hydrogens is 494 g/mol. The molecule has 10 heteroatoms. The Kier molecular flexibility index (Phi) is 10.0. The number of rotatable bonds is 13. The zero-order valence-electron chi connectivity index (χ0n) is 21.4. The van der Waals surface area contributed by atoms with Crippen molar-refractivity contribution in [2.24, 2.45) is 0 Å². The third kappa shape index (κ3) is 7.95. The molecule has 0 amide bonds. The normalized spacial score (nSPS) is 11.7. The van der Waals surface area contributed by atoms with Gasteiger partial charge in [-0.15, -0.1) is 10.1 Å². The molecule has 3 aromatic rings. The minimum atomic E-state index is -0.862. The van der Waals surface area contributed by atoms with Gasteiger partial charge in [0, 0.05) is 6.08 Å². The Bertz CT molecular complexity index is 1320. The number of unbranched alkanes of at least 4 members (excludes halogenated alkanes) is 1. The van der Waals surface area contributed by atoms with Crippen LogP contribution in [0.1, 0.15) is 36.8 Å². The molecule has 0 aromatic heterocycles. The highest BCUT2D eigenvalue weighted by atomic mass is 16.9. The zero-order chi connectivity index (χ0) is 27.5. The van der Waals surface area contributed by atoms with Crippen molar-refractivity contribution in [1.82, 2.24) is 0 Å². The fourth-order valence-corrected chi connectivity index (χ4v) is 3.57. The second-order valence-corrected chi connectivity index (χ2v) is 8.29. The lowest BCUT2D eigenvalue weighted by Gasteiger charge is -2.15. The molecule has 0 radical (unpaired) electrons. The Morgan fingerprint density at radius 1 is 0.921 bits per heavy atom. The number of benzene rings is 3. The van der Waals surface area contributed by atoms with Crippen LogP contribution in [0.2, 0.25) is 0 Å². The van der Waals surface area contributed by atoms with Gasteiger partial charge < -0.3 is 23.8 Å². The van der Waals surface area contributed by atoms with Crippen molar-refractivity contribution in [1.29, 1.82) is 0 Å². The molecule has 0 unspecified atom stereocenters. The van der Waals surface area contributed by atoms with Crippen molar-refractivity contribution in [2.45, 2.75) is 25.7 Å². The summed E-state index contributed by atoms with van der Waals surface area (Å²) in [6, 6.07) is 16.4. The van der Waals surface area contributed by atoms with Gasteiger partial charge in [-0.05, 0) is 72.0 Å². The maximum atomic E-state index is 12.9. The number of hydrogen-bond donors (Lipinski definition) is 0. The molecule has 0 saturated carbocycles. The van der Waals surface area contributed by atoms with Crippen LogP contribution in [0.5, 0.6) is 17.2 Å². The van der Waals surface area contributed by atoms with E-state index in [1.165, 1.54) is 13.2 Å². The molecule has 3 aromatic carbocycles. The standard InChI is InChI=1S/C28H29NO9/c1-19(21-8-9-23-18-24(34-2)11-10-22(23)17-21)28(31)38-25-12-6-20(16-26(25)35-3)7-13-27(30)36-14-4-5-15-37-29(32)33/h6-13,16-19H,4-5,14-15H2,1-3H3/b13-7+/t19-/m0/s1. The van der Waals surface area contributed by atoms with Crippen molar-refractivity contribution in [3.05, 3.63) is 81.9 Å². The average Bonchev–Trinajstić information content (AvgIpc) is 2.92. The van der Waals surface area contributed by atoms with Crippen LogP contribution in [0, 0.1) is 10.1 Å². The molecule has 0 bridgehead atoms. The molecule has 0 fully saturated rings. The highest BCUT2D eigenvalue weighted by Crippen LogP contribution is 2.31. The fraction of sp³-hybridized carbons (Fsp3) is 0.286. The summed E-state index contributed by atoms with van der Waals surface area (Å²) in [4.78, 5) is 39.1. The topological polar surface area (TPSA) is 123 Å². The minimum Gasteiger partial charge on any atom is -0.497 e. The predicted molar refractivity (Wildman–Crippen MR) is 140 cm³/mol. The van der Waals surface area contributed by atoms with Gasteiger partial charge in [-0.2, -0.15) is 0 Å². The van der Waals surface area contributed by atoms with Gasteiger partial charge in [0.05, 0.1) is 33.4 Å². The van der Waals surface area contributed by atoms with Crippen molar-refractivity contribution in [3.8, 4) is 17.2 Å². The Morgan fingerprint density at radius 2 is 1.66 bits per heavy atom. The van der Waals surface area contributed by atoms with Crippen molar-refractivity contribution in [3.63, 3.8) is 0 Å². The number of carbonyl (C=O) groups excluding carboxylic acids is 2. The zero-order valence-corrected chi connectivity index (χ0v) is 21.4. The van der Waals surface area contributed by atoms with Gasteiger partial charge in [-0.1, -0.05) is 30.3 Å². The number of methoxy groups -OCH3 is 2. The van der Waals surface area contributed by atoms with E-state index in [-0.39, 0.29) is 19.0 Å². The first-order valence-corrected chi connectivity index (χ1v) is 11.9. The van der Waals surface area contributed by atoms with Gasteiger partial charge in [0.2, 0.25) is 0 Å². The third-order valence-corrected chi connectivity index (χ3v) is 5.71. The smallest absolute Gasteiger partial charge is 0.330 e. The summed E-state index contributed by atoms with van der Waals surface area (Å²) in [5, 5.41) is 11.2.